The first kappa shape index (κ1) is 16.0. The van der Waals surface area contributed by atoms with E-state index in [0.717, 1.165) is 44.4 Å². The molecule has 0 radical (unpaired) electrons. The van der Waals surface area contributed by atoms with Gasteiger partial charge in [0.25, 0.3) is 0 Å². The smallest absolute Gasteiger partial charge is 0.206 e. The van der Waals surface area contributed by atoms with E-state index in [1.54, 1.807) is 12.1 Å². The molecule has 1 heterocycles. The van der Waals surface area contributed by atoms with Crippen molar-refractivity contribution in [3.63, 3.8) is 0 Å². The summed E-state index contributed by atoms with van der Waals surface area (Å²) in [6.07, 6.45) is 1.06. The molecule has 0 amide bonds. The van der Waals surface area contributed by atoms with Crippen LogP contribution >= 0.6 is 0 Å². The summed E-state index contributed by atoms with van der Waals surface area (Å²) in [6.45, 7) is 3.77. The molecule has 122 valence electrons. The topological polar surface area (TPSA) is 49.4 Å². The Morgan fingerprint density at radius 3 is 2.48 bits per heavy atom. The Labute approximate surface area is 135 Å². The fourth-order valence-corrected chi connectivity index (χ4v) is 4.00. The molecule has 2 aromatic carbocycles. The number of halogens is 1. The van der Waals surface area contributed by atoms with Gasteiger partial charge in [0.2, 0.25) is 9.84 Å². The summed E-state index contributed by atoms with van der Waals surface area (Å²) in [7, 11) is -3.69. The molecule has 1 aliphatic heterocycles. The maximum Gasteiger partial charge on any atom is 0.206 e. The molecule has 1 fully saturated rings. The van der Waals surface area contributed by atoms with Crippen LogP contribution in [0.5, 0.6) is 0 Å². The molecule has 6 heteroatoms. The molecule has 0 aromatic heterocycles. The van der Waals surface area contributed by atoms with Crippen LogP contribution in [0.25, 0.3) is 0 Å². The molecule has 4 nitrogen and oxygen atoms in total. The predicted octanol–water partition coefficient (Wildman–Crippen LogP) is 2.46. The third kappa shape index (κ3) is 3.54. The molecule has 1 saturated heterocycles. The van der Waals surface area contributed by atoms with Crippen LogP contribution in [0.2, 0.25) is 0 Å². The van der Waals surface area contributed by atoms with Crippen LogP contribution in [0.15, 0.2) is 58.3 Å². The minimum absolute atomic E-state index is 0.0239. The van der Waals surface area contributed by atoms with E-state index < -0.39 is 15.7 Å². The summed E-state index contributed by atoms with van der Waals surface area (Å²) in [5.41, 5.74) is 1.01. The van der Waals surface area contributed by atoms with Gasteiger partial charge in [0.1, 0.15) is 5.82 Å². The van der Waals surface area contributed by atoms with Crippen molar-refractivity contribution in [2.45, 2.75) is 16.2 Å². The van der Waals surface area contributed by atoms with E-state index in [4.69, 9.17) is 0 Å². The lowest BCUT2D eigenvalue weighted by molar-refractivity contribution is 0.591. The summed E-state index contributed by atoms with van der Waals surface area (Å²) in [5.74, 6) is -0.556. The molecule has 0 unspecified atom stereocenters. The Morgan fingerprint density at radius 2 is 1.74 bits per heavy atom. The number of rotatable bonds is 3. The minimum atomic E-state index is -3.69. The Hall–Kier alpha value is -1.92. The van der Waals surface area contributed by atoms with Crippen molar-refractivity contribution in [2.75, 3.05) is 31.1 Å². The van der Waals surface area contributed by atoms with Crippen LogP contribution in [-0.4, -0.2) is 34.6 Å². The van der Waals surface area contributed by atoms with Crippen LogP contribution in [-0.2, 0) is 9.84 Å². The van der Waals surface area contributed by atoms with Crippen LogP contribution in [0.4, 0.5) is 10.1 Å². The monoisotopic (exact) mass is 334 g/mol. The molecule has 2 aromatic rings. The fourth-order valence-electron chi connectivity index (χ4n) is 2.71. The van der Waals surface area contributed by atoms with E-state index in [0.29, 0.717) is 0 Å². The van der Waals surface area contributed by atoms with Gasteiger partial charge < -0.3 is 10.2 Å². The summed E-state index contributed by atoms with van der Waals surface area (Å²) in [4.78, 5) is 2.39. The Balaban J connectivity index is 1.86. The quantitative estimate of drug-likeness (QED) is 0.937. The van der Waals surface area contributed by atoms with Crippen molar-refractivity contribution in [3.05, 3.63) is 54.3 Å². The number of hydrogen-bond donors (Lipinski definition) is 1. The van der Waals surface area contributed by atoms with E-state index >= 15 is 0 Å². The van der Waals surface area contributed by atoms with E-state index in [-0.39, 0.29) is 9.79 Å². The first-order chi connectivity index (χ1) is 11.1. The van der Waals surface area contributed by atoms with Gasteiger partial charge in [0.05, 0.1) is 9.79 Å². The molecule has 23 heavy (non-hydrogen) atoms. The molecular weight excluding hydrogens is 315 g/mol. The van der Waals surface area contributed by atoms with Crippen LogP contribution in [0.1, 0.15) is 6.42 Å². The Morgan fingerprint density at radius 1 is 0.957 bits per heavy atom. The Bertz CT molecular complexity index is 767. The zero-order valence-electron chi connectivity index (χ0n) is 12.7. The number of anilines is 1. The molecule has 3 rings (SSSR count). The molecule has 1 aliphatic rings. The number of benzene rings is 2. The summed E-state index contributed by atoms with van der Waals surface area (Å²) in [6, 6.07) is 11.9. The molecule has 0 spiro atoms. The number of nitrogens with zero attached hydrogens (tertiary/aromatic N) is 1. The summed E-state index contributed by atoms with van der Waals surface area (Å²) in [5, 5.41) is 3.34. The average molecular weight is 334 g/mol. The van der Waals surface area contributed by atoms with E-state index in [1.165, 1.54) is 18.2 Å². The molecule has 0 atom stereocenters. The zero-order valence-corrected chi connectivity index (χ0v) is 13.5. The highest BCUT2D eigenvalue weighted by Gasteiger charge is 2.18. The predicted molar refractivity (Wildman–Crippen MR) is 88.0 cm³/mol. The molecule has 0 bridgehead atoms. The summed E-state index contributed by atoms with van der Waals surface area (Å²) < 4.78 is 38.4. The van der Waals surface area contributed by atoms with Gasteiger partial charge in [-0.2, -0.15) is 0 Å². The van der Waals surface area contributed by atoms with Crippen molar-refractivity contribution < 1.29 is 12.8 Å². The van der Waals surface area contributed by atoms with Gasteiger partial charge in [-0.3, -0.25) is 0 Å². The lowest BCUT2D eigenvalue weighted by Crippen LogP contribution is -2.27. The first-order valence-electron chi connectivity index (χ1n) is 7.64. The third-order valence-electron chi connectivity index (χ3n) is 3.96. The second-order valence-corrected chi connectivity index (χ2v) is 7.49. The third-order valence-corrected chi connectivity index (χ3v) is 5.73. The van der Waals surface area contributed by atoms with E-state index in [9.17, 15) is 12.8 Å². The SMILES string of the molecule is O=S(=O)(c1ccc(N2CCCNCC2)cc1)c1cccc(F)c1. The van der Waals surface area contributed by atoms with Gasteiger partial charge >= 0.3 is 0 Å². The highest BCUT2D eigenvalue weighted by Crippen LogP contribution is 2.24. The summed E-state index contributed by atoms with van der Waals surface area (Å²) >= 11 is 0. The van der Waals surface area contributed by atoms with E-state index in [1.807, 2.05) is 12.1 Å². The zero-order chi connectivity index (χ0) is 16.3. The second-order valence-electron chi connectivity index (χ2n) is 5.55. The van der Waals surface area contributed by atoms with Crippen molar-refractivity contribution in [1.29, 1.82) is 0 Å². The van der Waals surface area contributed by atoms with Crippen LogP contribution in [0.3, 0.4) is 0 Å². The molecule has 0 aliphatic carbocycles. The lowest BCUT2D eigenvalue weighted by Gasteiger charge is -2.22. The van der Waals surface area contributed by atoms with Crippen molar-refractivity contribution >= 4 is 15.5 Å². The normalized spacial score (nSPS) is 16.1. The molecular formula is C17H19FN2O2S. The Kier molecular flexibility index (Phi) is 4.63. The van der Waals surface area contributed by atoms with Crippen molar-refractivity contribution in [1.82, 2.24) is 5.32 Å². The first-order valence-corrected chi connectivity index (χ1v) is 9.12. The van der Waals surface area contributed by atoms with Crippen molar-refractivity contribution in [3.8, 4) is 0 Å². The lowest BCUT2D eigenvalue weighted by atomic mass is 10.2. The largest absolute Gasteiger partial charge is 0.370 e. The van der Waals surface area contributed by atoms with Gasteiger partial charge in [-0.05, 0) is 55.4 Å². The number of sulfone groups is 1. The van der Waals surface area contributed by atoms with E-state index in [2.05, 4.69) is 10.2 Å². The fraction of sp³-hybridized carbons (Fsp3) is 0.294. The van der Waals surface area contributed by atoms with Gasteiger partial charge in [0.15, 0.2) is 0 Å². The maximum absolute atomic E-state index is 13.3. The van der Waals surface area contributed by atoms with Gasteiger partial charge in [-0.1, -0.05) is 6.07 Å². The highest BCUT2D eigenvalue weighted by molar-refractivity contribution is 7.91. The van der Waals surface area contributed by atoms with Crippen LogP contribution < -0.4 is 10.2 Å². The van der Waals surface area contributed by atoms with Crippen LogP contribution in [0, 0.1) is 5.82 Å². The average Bonchev–Trinajstić information content (AvgIpc) is 2.84. The number of hydrogen-bond acceptors (Lipinski definition) is 4. The van der Waals surface area contributed by atoms with Crippen molar-refractivity contribution in [2.24, 2.45) is 0 Å². The second kappa shape index (κ2) is 6.68. The highest BCUT2D eigenvalue weighted by atomic mass is 32.2. The van der Waals surface area contributed by atoms with Gasteiger partial charge in [-0.15, -0.1) is 0 Å². The molecule has 0 saturated carbocycles. The maximum atomic E-state index is 13.3. The standard InChI is InChI=1S/C17H19FN2O2S/c18-14-3-1-4-17(13-14)23(21,22)16-7-5-15(6-8-16)20-11-2-9-19-10-12-20/h1,3-8,13,19H,2,9-12H2. The van der Waals surface area contributed by atoms with Gasteiger partial charge in [-0.25, -0.2) is 12.8 Å². The molecule has 1 N–H and O–H groups in total. The minimum Gasteiger partial charge on any atom is -0.370 e. The number of nitrogens with one attached hydrogen (secondary N) is 1. The van der Waals surface area contributed by atoms with Gasteiger partial charge in [0, 0.05) is 25.3 Å².